The molecule has 0 atom stereocenters. The Morgan fingerprint density at radius 3 is 2.46 bits per heavy atom. The Bertz CT molecular complexity index is 598. The van der Waals surface area contributed by atoms with Gasteiger partial charge in [0.05, 0.1) is 25.4 Å². The fraction of sp³-hybridized carbons (Fsp3) is 0.579. The average Bonchev–Trinajstić information content (AvgIpc) is 2.61. The number of rotatable bonds is 8. The summed E-state index contributed by atoms with van der Waals surface area (Å²) in [4.78, 5) is 28.0. The molecule has 1 heterocycles. The lowest BCUT2D eigenvalue weighted by Crippen LogP contribution is -2.50. The SMILES string of the molecule is CCOc1ccccc1N1CCN(CC(=O)NCC(=O)NC(C)C)CC1. The number of para-hydroxylation sites is 2. The highest BCUT2D eigenvalue weighted by atomic mass is 16.5. The number of hydrogen-bond acceptors (Lipinski definition) is 5. The van der Waals surface area contributed by atoms with E-state index in [1.165, 1.54) is 0 Å². The third-order valence-corrected chi connectivity index (χ3v) is 4.14. The molecule has 1 aromatic carbocycles. The summed E-state index contributed by atoms with van der Waals surface area (Å²) in [6, 6.07) is 8.12. The number of nitrogens with one attached hydrogen (secondary N) is 2. The molecule has 0 saturated carbocycles. The number of amides is 2. The summed E-state index contributed by atoms with van der Waals surface area (Å²) in [6.45, 7) is 10.0. The van der Waals surface area contributed by atoms with Crippen LogP contribution in [0.3, 0.4) is 0 Å². The van der Waals surface area contributed by atoms with E-state index in [9.17, 15) is 9.59 Å². The van der Waals surface area contributed by atoms with E-state index >= 15 is 0 Å². The highest BCUT2D eigenvalue weighted by molar-refractivity contribution is 5.85. The van der Waals surface area contributed by atoms with Crippen LogP contribution in [0.4, 0.5) is 5.69 Å². The van der Waals surface area contributed by atoms with Gasteiger partial charge in [0.1, 0.15) is 5.75 Å². The van der Waals surface area contributed by atoms with Gasteiger partial charge in [-0.05, 0) is 32.9 Å². The largest absolute Gasteiger partial charge is 0.492 e. The molecule has 26 heavy (non-hydrogen) atoms. The number of carbonyl (C=O) groups excluding carboxylic acids is 2. The Morgan fingerprint density at radius 1 is 1.12 bits per heavy atom. The maximum Gasteiger partial charge on any atom is 0.239 e. The van der Waals surface area contributed by atoms with Crippen molar-refractivity contribution in [3.63, 3.8) is 0 Å². The second-order valence-electron chi connectivity index (χ2n) is 6.66. The Balaban J connectivity index is 1.76. The summed E-state index contributed by atoms with van der Waals surface area (Å²) >= 11 is 0. The molecule has 2 rings (SSSR count). The summed E-state index contributed by atoms with van der Waals surface area (Å²) in [5, 5.41) is 5.43. The zero-order valence-corrected chi connectivity index (χ0v) is 16.0. The van der Waals surface area contributed by atoms with Gasteiger partial charge in [0.25, 0.3) is 0 Å². The van der Waals surface area contributed by atoms with Gasteiger partial charge in [-0.3, -0.25) is 14.5 Å². The fourth-order valence-corrected chi connectivity index (χ4v) is 2.95. The first-order valence-electron chi connectivity index (χ1n) is 9.24. The van der Waals surface area contributed by atoms with E-state index in [2.05, 4.69) is 26.5 Å². The van der Waals surface area contributed by atoms with Gasteiger partial charge in [-0.25, -0.2) is 0 Å². The highest BCUT2D eigenvalue weighted by Crippen LogP contribution is 2.28. The average molecular weight is 362 g/mol. The first kappa shape index (κ1) is 20.0. The van der Waals surface area contributed by atoms with Crippen molar-refractivity contribution in [2.45, 2.75) is 26.8 Å². The quantitative estimate of drug-likeness (QED) is 0.717. The van der Waals surface area contributed by atoms with Gasteiger partial charge in [0, 0.05) is 32.2 Å². The second kappa shape index (κ2) is 10.0. The second-order valence-corrected chi connectivity index (χ2v) is 6.66. The normalized spacial score (nSPS) is 15.0. The number of nitrogens with zero attached hydrogens (tertiary/aromatic N) is 2. The smallest absolute Gasteiger partial charge is 0.239 e. The van der Waals surface area contributed by atoms with Crippen molar-refractivity contribution in [1.82, 2.24) is 15.5 Å². The van der Waals surface area contributed by atoms with Crippen LogP contribution >= 0.6 is 0 Å². The topological polar surface area (TPSA) is 73.9 Å². The standard InChI is InChI=1S/C19H30N4O3/c1-4-26-17-8-6-5-7-16(17)23-11-9-22(10-12-23)14-19(25)20-13-18(24)21-15(2)3/h5-8,15H,4,9-14H2,1-3H3,(H,20,25)(H,21,24). The van der Waals surface area contributed by atoms with Gasteiger partial charge in [-0.1, -0.05) is 12.1 Å². The molecule has 0 bridgehead atoms. The molecule has 7 nitrogen and oxygen atoms in total. The molecule has 1 fully saturated rings. The summed E-state index contributed by atoms with van der Waals surface area (Å²) in [5.41, 5.74) is 1.10. The van der Waals surface area contributed by atoms with Crippen LogP contribution in [0.25, 0.3) is 0 Å². The van der Waals surface area contributed by atoms with Crippen LogP contribution in [0, 0.1) is 0 Å². The minimum atomic E-state index is -0.161. The van der Waals surface area contributed by atoms with Crippen LogP contribution in [-0.2, 0) is 9.59 Å². The summed E-state index contributed by atoms with van der Waals surface area (Å²) in [5.74, 6) is 0.620. The molecule has 144 valence electrons. The third-order valence-electron chi connectivity index (χ3n) is 4.14. The van der Waals surface area contributed by atoms with Crippen molar-refractivity contribution in [1.29, 1.82) is 0 Å². The number of benzene rings is 1. The fourth-order valence-electron chi connectivity index (χ4n) is 2.95. The van der Waals surface area contributed by atoms with E-state index in [0.29, 0.717) is 13.2 Å². The zero-order chi connectivity index (χ0) is 18.9. The van der Waals surface area contributed by atoms with Crippen LogP contribution in [0.2, 0.25) is 0 Å². The van der Waals surface area contributed by atoms with E-state index in [0.717, 1.165) is 37.6 Å². The molecule has 0 spiro atoms. The van der Waals surface area contributed by atoms with Crippen molar-refractivity contribution in [2.75, 3.05) is 50.8 Å². The van der Waals surface area contributed by atoms with E-state index < -0.39 is 0 Å². The number of anilines is 1. The molecule has 2 N–H and O–H groups in total. The molecular formula is C19H30N4O3. The maximum absolute atomic E-state index is 12.0. The van der Waals surface area contributed by atoms with Gasteiger partial charge in [0.15, 0.2) is 0 Å². The third kappa shape index (κ3) is 6.22. The predicted octanol–water partition coefficient (Wildman–Crippen LogP) is 0.848. The van der Waals surface area contributed by atoms with Crippen LogP contribution in [0.1, 0.15) is 20.8 Å². The monoisotopic (exact) mass is 362 g/mol. The predicted molar refractivity (Wildman–Crippen MR) is 103 cm³/mol. The van der Waals surface area contributed by atoms with Gasteiger partial charge in [0.2, 0.25) is 11.8 Å². The molecule has 0 unspecified atom stereocenters. The maximum atomic E-state index is 12.0. The lowest BCUT2D eigenvalue weighted by Gasteiger charge is -2.36. The van der Waals surface area contributed by atoms with E-state index in [1.54, 1.807) is 0 Å². The van der Waals surface area contributed by atoms with E-state index in [1.807, 2.05) is 39.0 Å². The van der Waals surface area contributed by atoms with Crippen LogP contribution in [0.5, 0.6) is 5.75 Å². The van der Waals surface area contributed by atoms with Crippen LogP contribution < -0.4 is 20.3 Å². The summed E-state index contributed by atoms with van der Waals surface area (Å²) in [6.07, 6.45) is 0. The van der Waals surface area contributed by atoms with Gasteiger partial charge in [-0.2, -0.15) is 0 Å². The highest BCUT2D eigenvalue weighted by Gasteiger charge is 2.21. The molecule has 1 aromatic rings. The first-order chi connectivity index (χ1) is 12.5. The molecule has 0 radical (unpaired) electrons. The molecule has 1 aliphatic heterocycles. The summed E-state index contributed by atoms with van der Waals surface area (Å²) < 4.78 is 5.71. The zero-order valence-electron chi connectivity index (χ0n) is 16.0. The molecule has 2 amide bonds. The molecule has 7 heteroatoms. The Kier molecular flexibility index (Phi) is 7.72. The molecule has 1 aliphatic rings. The Morgan fingerprint density at radius 2 is 1.81 bits per heavy atom. The lowest BCUT2D eigenvalue weighted by molar-refractivity contribution is -0.127. The van der Waals surface area contributed by atoms with E-state index in [4.69, 9.17) is 4.74 Å². The Hall–Kier alpha value is -2.28. The summed E-state index contributed by atoms with van der Waals surface area (Å²) in [7, 11) is 0. The van der Waals surface area contributed by atoms with Crippen LogP contribution in [0.15, 0.2) is 24.3 Å². The van der Waals surface area contributed by atoms with Crippen molar-refractivity contribution >= 4 is 17.5 Å². The van der Waals surface area contributed by atoms with E-state index in [-0.39, 0.29) is 24.4 Å². The number of hydrogen-bond donors (Lipinski definition) is 2. The van der Waals surface area contributed by atoms with Crippen molar-refractivity contribution < 1.29 is 14.3 Å². The number of piperazine rings is 1. The van der Waals surface area contributed by atoms with Gasteiger partial charge >= 0.3 is 0 Å². The number of ether oxygens (including phenoxy) is 1. The first-order valence-corrected chi connectivity index (χ1v) is 9.24. The van der Waals surface area contributed by atoms with Crippen molar-refractivity contribution in [3.05, 3.63) is 24.3 Å². The molecule has 0 aliphatic carbocycles. The molecular weight excluding hydrogens is 332 g/mol. The molecule has 0 aromatic heterocycles. The van der Waals surface area contributed by atoms with Gasteiger partial charge < -0.3 is 20.3 Å². The lowest BCUT2D eigenvalue weighted by atomic mass is 10.2. The van der Waals surface area contributed by atoms with Crippen molar-refractivity contribution in [3.8, 4) is 5.75 Å². The Labute approximate surface area is 155 Å². The number of carbonyl (C=O) groups is 2. The molecule has 1 saturated heterocycles. The minimum absolute atomic E-state index is 0.0265. The minimum Gasteiger partial charge on any atom is -0.492 e. The van der Waals surface area contributed by atoms with Crippen molar-refractivity contribution in [2.24, 2.45) is 0 Å². The van der Waals surface area contributed by atoms with Crippen LogP contribution in [-0.4, -0.2) is 68.6 Å². The van der Waals surface area contributed by atoms with Gasteiger partial charge in [-0.15, -0.1) is 0 Å².